The van der Waals surface area contributed by atoms with E-state index in [1.165, 1.54) is 0 Å². The molecule has 4 rings (SSSR count). The summed E-state index contributed by atoms with van der Waals surface area (Å²) in [6.07, 6.45) is 7.40. The molecule has 0 saturated heterocycles. The lowest BCUT2D eigenvalue weighted by molar-refractivity contribution is -0.246. The summed E-state index contributed by atoms with van der Waals surface area (Å²) in [6, 6.07) is 0. The smallest absolute Gasteiger partial charge is 0.0771 e. The van der Waals surface area contributed by atoms with Gasteiger partial charge in [0, 0.05) is 5.92 Å². The van der Waals surface area contributed by atoms with Crippen molar-refractivity contribution in [2.45, 2.75) is 130 Å². The zero-order chi connectivity index (χ0) is 26.4. The van der Waals surface area contributed by atoms with Crippen LogP contribution in [0.15, 0.2) is 12.2 Å². The third kappa shape index (κ3) is 3.98. The largest absolute Gasteiger partial charge is 0.393 e. The molecular formula is C30H52O5. The van der Waals surface area contributed by atoms with Gasteiger partial charge in [-0.25, -0.2) is 0 Å². The molecule has 4 aliphatic carbocycles. The lowest BCUT2D eigenvalue weighted by atomic mass is 9.35. The first-order valence-corrected chi connectivity index (χ1v) is 14.0. The fourth-order valence-electron chi connectivity index (χ4n) is 10.3. The standard InChI is InChI=1S/C30H52O5/c1-25(2,34)12-9-13-30(8,35)24-19(32)17-29(7)23(24)18(31)16-21-27(5)14-11-22(33)26(3,4)20(27)10-15-28(21,29)6/h9,12,18-24,31-35H,10-11,13-17H2,1-8H3. The zero-order valence-electron chi connectivity index (χ0n) is 23.4. The Balaban J connectivity index is 1.70. The first kappa shape index (κ1) is 27.6. The fraction of sp³-hybridized carbons (Fsp3) is 0.933. The van der Waals surface area contributed by atoms with Gasteiger partial charge in [0.15, 0.2) is 0 Å². The molecule has 202 valence electrons. The molecule has 0 aromatic carbocycles. The minimum absolute atomic E-state index is 0.0334. The van der Waals surface area contributed by atoms with Crippen molar-refractivity contribution in [2.24, 2.45) is 45.3 Å². The average molecular weight is 493 g/mol. The average Bonchev–Trinajstić information content (AvgIpc) is 2.99. The van der Waals surface area contributed by atoms with Gasteiger partial charge in [-0.2, -0.15) is 0 Å². The minimum atomic E-state index is -1.19. The molecule has 11 atom stereocenters. The van der Waals surface area contributed by atoms with Gasteiger partial charge in [-0.3, -0.25) is 0 Å². The molecule has 5 heteroatoms. The van der Waals surface area contributed by atoms with Gasteiger partial charge in [-0.15, -0.1) is 0 Å². The molecule has 5 nitrogen and oxygen atoms in total. The second kappa shape index (κ2) is 8.27. The van der Waals surface area contributed by atoms with Crippen molar-refractivity contribution in [2.75, 3.05) is 0 Å². The topological polar surface area (TPSA) is 101 Å². The Kier molecular flexibility index (Phi) is 6.51. The van der Waals surface area contributed by atoms with Gasteiger partial charge >= 0.3 is 0 Å². The van der Waals surface area contributed by atoms with Crippen molar-refractivity contribution < 1.29 is 25.5 Å². The van der Waals surface area contributed by atoms with Gasteiger partial charge in [-0.05, 0) is 105 Å². The van der Waals surface area contributed by atoms with Crippen LogP contribution in [0.4, 0.5) is 0 Å². The Morgan fingerprint density at radius 2 is 1.46 bits per heavy atom. The highest BCUT2D eigenvalue weighted by Gasteiger charge is 2.72. The number of aliphatic hydroxyl groups excluding tert-OH is 3. The van der Waals surface area contributed by atoms with Gasteiger partial charge in [-0.1, -0.05) is 46.8 Å². The summed E-state index contributed by atoms with van der Waals surface area (Å²) >= 11 is 0. The van der Waals surface area contributed by atoms with Crippen LogP contribution in [0.3, 0.4) is 0 Å². The van der Waals surface area contributed by atoms with Crippen molar-refractivity contribution in [3.63, 3.8) is 0 Å². The normalized spacial score (nSPS) is 51.4. The van der Waals surface area contributed by atoms with Crippen LogP contribution < -0.4 is 0 Å². The Morgan fingerprint density at radius 3 is 2.06 bits per heavy atom. The van der Waals surface area contributed by atoms with E-state index in [1.807, 2.05) is 6.08 Å². The van der Waals surface area contributed by atoms with Crippen LogP contribution in [0.25, 0.3) is 0 Å². The zero-order valence-corrected chi connectivity index (χ0v) is 23.4. The second-order valence-corrected chi connectivity index (χ2v) is 15.1. The third-order valence-corrected chi connectivity index (χ3v) is 12.2. The molecule has 0 aromatic heterocycles. The lowest BCUT2D eigenvalue weighted by Gasteiger charge is -2.70. The lowest BCUT2D eigenvalue weighted by Crippen LogP contribution is -2.66. The highest BCUT2D eigenvalue weighted by Crippen LogP contribution is 2.75. The van der Waals surface area contributed by atoms with Crippen LogP contribution >= 0.6 is 0 Å². The molecule has 0 spiro atoms. The monoisotopic (exact) mass is 492 g/mol. The molecular weight excluding hydrogens is 440 g/mol. The molecule has 0 aromatic rings. The predicted octanol–water partition coefficient (Wildman–Crippen LogP) is 4.44. The highest BCUT2D eigenvalue weighted by atomic mass is 16.3. The van der Waals surface area contributed by atoms with Gasteiger partial charge in [0.25, 0.3) is 0 Å². The fourth-order valence-corrected chi connectivity index (χ4v) is 10.3. The van der Waals surface area contributed by atoms with E-state index in [1.54, 1.807) is 26.8 Å². The maximum Gasteiger partial charge on any atom is 0.0771 e. The van der Waals surface area contributed by atoms with Crippen molar-refractivity contribution in [3.8, 4) is 0 Å². The number of rotatable bonds is 4. The molecule has 4 fully saturated rings. The molecule has 35 heavy (non-hydrogen) atoms. The minimum Gasteiger partial charge on any atom is -0.393 e. The Morgan fingerprint density at radius 1 is 0.829 bits per heavy atom. The maximum atomic E-state index is 11.8. The SMILES string of the molecule is CC(C)(O)C=CCC(C)(O)C1C(O)CC2(C)C1C(O)CC1C3(C)CCC(O)C(C)(C)C3CCC12C. The van der Waals surface area contributed by atoms with E-state index in [0.717, 1.165) is 25.7 Å². The van der Waals surface area contributed by atoms with Crippen LogP contribution in [-0.2, 0) is 0 Å². The third-order valence-electron chi connectivity index (χ3n) is 12.2. The van der Waals surface area contributed by atoms with Crippen LogP contribution in [0.1, 0.15) is 100 Å². The van der Waals surface area contributed by atoms with Crippen molar-refractivity contribution in [3.05, 3.63) is 12.2 Å². The second-order valence-electron chi connectivity index (χ2n) is 15.1. The Labute approximate surface area is 213 Å². The highest BCUT2D eigenvalue weighted by molar-refractivity contribution is 5.21. The molecule has 0 heterocycles. The van der Waals surface area contributed by atoms with E-state index in [9.17, 15) is 25.5 Å². The van der Waals surface area contributed by atoms with Crippen LogP contribution in [0.5, 0.6) is 0 Å². The molecule has 5 N–H and O–H groups in total. The van der Waals surface area contributed by atoms with Crippen LogP contribution in [0, 0.1) is 45.3 Å². The summed E-state index contributed by atoms with van der Waals surface area (Å²) in [4.78, 5) is 0. The summed E-state index contributed by atoms with van der Waals surface area (Å²) in [5.41, 5.74) is -2.62. The van der Waals surface area contributed by atoms with Crippen molar-refractivity contribution in [1.82, 2.24) is 0 Å². The van der Waals surface area contributed by atoms with E-state index in [4.69, 9.17) is 0 Å². The number of hydrogen-bond acceptors (Lipinski definition) is 5. The number of aliphatic hydroxyl groups is 5. The van der Waals surface area contributed by atoms with Gasteiger partial charge in [0.05, 0.1) is 29.5 Å². The molecule has 0 bridgehead atoms. The van der Waals surface area contributed by atoms with E-state index < -0.39 is 29.3 Å². The van der Waals surface area contributed by atoms with Gasteiger partial charge in [0.2, 0.25) is 0 Å². The predicted molar refractivity (Wildman–Crippen MR) is 138 cm³/mol. The molecule has 4 saturated carbocycles. The Hall–Kier alpha value is -0.460. The molecule has 0 aliphatic heterocycles. The van der Waals surface area contributed by atoms with Gasteiger partial charge in [0.1, 0.15) is 0 Å². The van der Waals surface area contributed by atoms with E-state index >= 15 is 0 Å². The van der Waals surface area contributed by atoms with Gasteiger partial charge < -0.3 is 25.5 Å². The Bertz CT molecular complexity index is 842. The van der Waals surface area contributed by atoms with Crippen LogP contribution in [-0.4, -0.2) is 55.0 Å². The summed E-state index contributed by atoms with van der Waals surface area (Å²) in [6.45, 7) is 16.7. The summed E-state index contributed by atoms with van der Waals surface area (Å²) in [5, 5.41) is 55.8. The maximum absolute atomic E-state index is 11.8. The van der Waals surface area contributed by atoms with Crippen LogP contribution in [0.2, 0.25) is 0 Å². The number of hydrogen-bond donors (Lipinski definition) is 5. The van der Waals surface area contributed by atoms with E-state index in [2.05, 4.69) is 34.6 Å². The summed E-state index contributed by atoms with van der Waals surface area (Å²) in [5.74, 6) is 0.0950. The van der Waals surface area contributed by atoms with Crippen molar-refractivity contribution in [1.29, 1.82) is 0 Å². The molecule has 0 radical (unpaired) electrons. The molecule has 0 amide bonds. The van der Waals surface area contributed by atoms with E-state index in [-0.39, 0.29) is 33.7 Å². The first-order chi connectivity index (χ1) is 15.8. The quantitative estimate of drug-likeness (QED) is 0.374. The van der Waals surface area contributed by atoms with Crippen molar-refractivity contribution >= 4 is 0 Å². The first-order valence-electron chi connectivity index (χ1n) is 14.0. The summed E-state index contributed by atoms with van der Waals surface area (Å²) in [7, 11) is 0. The van der Waals surface area contributed by atoms with E-state index in [0.29, 0.717) is 31.1 Å². The molecule has 4 aliphatic rings. The molecule has 11 unspecified atom stereocenters. The number of fused-ring (bicyclic) bond motifs is 5. The summed E-state index contributed by atoms with van der Waals surface area (Å²) < 4.78 is 0.